The molecule has 1 aliphatic rings. The number of hydrogen-bond acceptors (Lipinski definition) is 4. The van der Waals surface area contributed by atoms with Crippen LogP contribution >= 0.6 is 19.1 Å². The summed E-state index contributed by atoms with van der Waals surface area (Å²) in [6, 6.07) is 26.7. The smallest absolute Gasteiger partial charge is 0.266 e. The molecular formula is C30H42N3OP3S3. The third kappa shape index (κ3) is 5.89. The van der Waals surface area contributed by atoms with Gasteiger partial charge < -0.3 is 4.52 Å². The highest BCUT2D eigenvalue weighted by atomic mass is 32.5. The molecule has 0 bridgehead atoms. The Morgan fingerprint density at radius 3 is 1.45 bits per heavy atom. The topological polar surface area (TPSA) is 27.7 Å². The summed E-state index contributed by atoms with van der Waals surface area (Å²) < 4.78 is 11.9. The van der Waals surface area contributed by atoms with Crippen molar-refractivity contribution in [1.29, 1.82) is 0 Å². The van der Waals surface area contributed by atoms with Crippen LogP contribution in [0.15, 0.2) is 84.9 Å². The van der Waals surface area contributed by atoms with Gasteiger partial charge in [0.25, 0.3) is 6.57 Å². The van der Waals surface area contributed by atoms with Crippen LogP contribution in [-0.2, 0) is 35.4 Å². The highest BCUT2D eigenvalue weighted by Crippen LogP contribution is 2.88. The van der Waals surface area contributed by atoms with E-state index in [-0.39, 0.29) is 16.6 Å². The summed E-state index contributed by atoms with van der Waals surface area (Å²) in [4.78, 5) is 0. The molecule has 0 spiro atoms. The lowest BCUT2D eigenvalue weighted by Crippen LogP contribution is -2.62. The van der Waals surface area contributed by atoms with Crippen LogP contribution in [0.2, 0.25) is 0 Å². The number of hydrogen-bond donors (Lipinski definition) is 1. The molecule has 1 fully saturated rings. The molecule has 10 heteroatoms. The molecule has 1 saturated heterocycles. The van der Waals surface area contributed by atoms with Crippen molar-refractivity contribution in [3.63, 3.8) is 0 Å². The van der Waals surface area contributed by atoms with Gasteiger partial charge in [-0.1, -0.05) is 84.6 Å². The summed E-state index contributed by atoms with van der Waals surface area (Å²) in [6.07, 6.45) is 0. The van der Waals surface area contributed by atoms with Crippen LogP contribution in [0.4, 0.5) is 0 Å². The first-order chi connectivity index (χ1) is 18.3. The normalized spacial score (nSPS) is 23.0. The fourth-order valence-electron chi connectivity index (χ4n) is 5.24. The summed E-state index contributed by atoms with van der Waals surface area (Å²) in [5, 5.41) is 7.09. The van der Waals surface area contributed by atoms with Gasteiger partial charge in [0.1, 0.15) is 5.75 Å². The highest BCUT2D eigenvalue weighted by Gasteiger charge is 2.67. The zero-order valence-corrected chi connectivity index (χ0v) is 30.1. The number of rotatable bonds is 6. The average Bonchev–Trinajstić information content (AvgIpc) is 2.81. The molecular weight excluding hydrogens is 607 g/mol. The molecule has 1 N–H and O–H groups in total. The number of para-hydroxylation sites is 1. The minimum absolute atomic E-state index is 0.192. The molecule has 4 nitrogen and oxygen atoms in total. The van der Waals surface area contributed by atoms with Crippen molar-refractivity contribution in [1.82, 2.24) is 14.0 Å². The fourth-order valence-corrected chi connectivity index (χ4v) is 26.3. The number of nitrogens with one attached hydrogen (secondary N) is 1. The lowest BCUT2D eigenvalue weighted by molar-refractivity contribution is 0.239. The Bertz CT molecular complexity index is 1440. The molecule has 0 unspecified atom stereocenters. The minimum atomic E-state index is -2.81. The number of benzene rings is 3. The van der Waals surface area contributed by atoms with Gasteiger partial charge in [-0.15, -0.1) is 0 Å². The van der Waals surface area contributed by atoms with Gasteiger partial charge in [0.2, 0.25) is 0 Å². The lowest BCUT2D eigenvalue weighted by Gasteiger charge is -2.68. The monoisotopic (exact) mass is 649 g/mol. The molecule has 4 rings (SSSR count). The Balaban J connectivity index is 1.94. The standard InChI is InChI=1S/C30H42N3OP3S3/c1-28(2,3)31-36(39)32(29(4,5)6)37(40,33(36)30(7,8)9)34-26-22-16-17-23-27(26)35(38,24-18-12-10-13-19-24)25-20-14-11-15-21-25/h10-23H,1-9H3,(H,31,39). The second kappa shape index (κ2) is 11.1. The van der Waals surface area contributed by atoms with E-state index < -0.39 is 19.1 Å². The first-order valence-electron chi connectivity index (χ1n) is 13.5. The molecule has 0 aliphatic carbocycles. The van der Waals surface area contributed by atoms with Gasteiger partial charge in [0, 0.05) is 28.0 Å². The molecule has 1 heterocycles. The lowest BCUT2D eigenvalue weighted by atomic mass is 10.1. The van der Waals surface area contributed by atoms with E-state index in [0.29, 0.717) is 0 Å². The van der Waals surface area contributed by atoms with E-state index in [0.717, 1.165) is 21.7 Å². The zero-order chi connectivity index (χ0) is 29.8. The van der Waals surface area contributed by atoms with Gasteiger partial charge >= 0.3 is 0 Å². The van der Waals surface area contributed by atoms with Gasteiger partial charge in [0.15, 0.2) is 6.49 Å². The van der Waals surface area contributed by atoms with Crippen LogP contribution in [0.1, 0.15) is 62.3 Å². The predicted octanol–water partition coefficient (Wildman–Crippen LogP) is 7.87. The molecule has 216 valence electrons. The Morgan fingerprint density at radius 1 is 0.650 bits per heavy atom. The van der Waals surface area contributed by atoms with Crippen LogP contribution in [0.5, 0.6) is 5.75 Å². The molecule has 0 amide bonds. The highest BCUT2D eigenvalue weighted by molar-refractivity contribution is 8.28. The van der Waals surface area contributed by atoms with Crippen LogP contribution < -0.4 is 25.5 Å². The van der Waals surface area contributed by atoms with E-state index in [1.165, 1.54) is 0 Å². The third-order valence-corrected chi connectivity index (χ3v) is 24.0. The van der Waals surface area contributed by atoms with Crippen LogP contribution in [-0.4, -0.2) is 25.5 Å². The Labute approximate surface area is 257 Å². The quantitative estimate of drug-likeness (QED) is 0.272. The molecule has 3 aromatic carbocycles. The van der Waals surface area contributed by atoms with Crippen LogP contribution in [0.25, 0.3) is 0 Å². The van der Waals surface area contributed by atoms with Crippen molar-refractivity contribution >= 4 is 70.4 Å². The van der Waals surface area contributed by atoms with Crippen LogP contribution in [0, 0.1) is 0 Å². The SMILES string of the molecule is CC(C)(C)NP1(=S)N(C(C)(C)C)P(=S)(Oc2ccccc2P(=S)(c2ccccc2)c2ccccc2)N1C(C)(C)C. The van der Waals surface area contributed by atoms with Crippen molar-refractivity contribution in [2.45, 2.75) is 78.9 Å². The second-order valence-electron chi connectivity index (χ2n) is 13.2. The van der Waals surface area contributed by atoms with Crippen molar-refractivity contribution < 1.29 is 4.52 Å². The first kappa shape index (κ1) is 32.2. The Kier molecular flexibility index (Phi) is 8.93. The van der Waals surface area contributed by atoms with Crippen LogP contribution in [0.3, 0.4) is 0 Å². The minimum Gasteiger partial charge on any atom is -0.440 e. The van der Waals surface area contributed by atoms with E-state index in [2.05, 4.69) is 137 Å². The maximum Gasteiger partial charge on any atom is 0.266 e. The molecule has 0 saturated carbocycles. The summed E-state index contributed by atoms with van der Waals surface area (Å²) in [7, 11) is 0. The second-order valence-corrected chi connectivity index (χ2v) is 25.2. The van der Waals surface area contributed by atoms with Gasteiger partial charge in [-0.3, -0.25) is 5.09 Å². The molecule has 0 aromatic heterocycles. The average molecular weight is 650 g/mol. The van der Waals surface area contributed by atoms with Crippen molar-refractivity contribution in [3.05, 3.63) is 84.9 Å². The Hall–Kier alpha value is -0.710. The number of nitrogens with zero attached hydrogens (tertiary/aromatic N) is 2. The van der Waals surface area contributed by atoms with E-state index in [1.807, 2.05) is 24.3 Å². The fraction of sp³-hybridized carbons (Fsp3) is 0.400. The largest absolute Gasteiger partial charge is 0.440 e. The first-order valence-corrected chi connectivity index (χ1v) is 21.6. The van der Waals surface area contributed by atoms with Crippen molar-refractivity contribution in [2.75, 3.05) is 0 Å². The maximum absolute atomic E-state index is 7.21. The van der Waals surface area contributed by atoms with E-state index in [1.54, 1.807) is 0 Å². The third-order valence-electron chi connectivity index (χ3n) is 6.33. The summed E-state index contributed by atoms with van der Waals surface area (Å²) in [5.41, 5.74) is -0.805. The van der Waals surface area contributed by atoms with E-state index >= 15 is 0 Å². The Morgan fingerprint density at radius 2 is 1.05 bits per heavy atom. The predicted molar refractivity (Wildman–Crippen MR) is 188 cm³/mol. The maximum atomic E-state index is 7.21. The molecule has 40 heavy (non-hydrogen) atoms. The summed E-state index contributed by atoms with van der Waals surface area (Å²) >= 11 is 19.9. The summed E-state index contributed by atoms with van der Waals surface area (Å²) in [6.45, 7) is 14.3. The van der Waals surface area contributed by atoms with E-state index in [9.17, 15) is 0 Å². The molecule has 0 atom stereocenters. The zero-order valence-electron chi connectivity index (χ0n) is 25.0. The van der Waals surface area contributed by atoms with Gasteiger partial charge in [-0.25, -0.2) is 0 Å². The summed E-state index contributed by atoms with van der Waals surface area (Å²) in [5.74, 6) is 0.752. The van der Waals surface area contributed by atoms with Gasteiger partial charge in [-0.05, 0) is 109 Å². The molecule has 3 aromatic rings. The molecule has 1 aliphatic heterocycles. The van der Waals surface area contributed by atoms with Crippen molar-refractivity contribution in [2.24, 2.45) is 0 Å². The van der Waals surface area contributed by atoms with E-state index in [4.69, 9.17) is 39.9 Å². The van der Waals surface area contributed by atoms with Gasteiger partial charge in [-0.2, -0.15) is 8.88 Å². The van der Waals surface area contributed by atoms with Gasteiger partial charge in [0.05, 0.1) is 0 Å². The van der Waals surface area contributed by atoms with Crippen molar-refractivity contribution in [3.8, 4) is 5.75 Å². The molecule has 0 radical (unpaired) electrons.